The molecule has 0 unspecified atom stereocenters. The van der Waals surface area contributed by atoms with Gasteiger partial charge in [-0.2, -0.15) is 0 Å². The van der Waals surface area contributed by atoms with Crippen LogP contribution in [-0.2, 0) is 10.0 Å². The third-order valence-electron chi connectivity index (χ3n) is 3.26. The van der Waals surface area contributed by atoms with Crippen molar-refractivity contribution >= 4 is 42.6 Å². The predicted octanol–water partition coefficient (Wildman–Crippen LogP) is 2.20. The highest BCUT2D eigenvalue weighted by molar-refractivity contribution is 7.89. The second kappa shape index (κ2) is 6.19. The number of methoxy groups -OCH3 is 1. The van der Waals surface area contributed by atoms with Crippen LogP contribution in [0.15, 0.2) is 47.4 Å². The summed E-state index contributed by atoms with van der Waals surface area (Å²) in [7, 11) is -2.23. The van der Waals surface area contributed by atoms with Crippen molar-refractivity contribution < 1.29 is 17.9 Å². The number of primary sulfonamides is 1. The third kappa shape index (κ3) is 3.37. The zero-order chi connectivity index (χ0) is 17.3. The highest BCUT2D eigenvalue weighted by atomic mass is 32.2. The number of nitrogens with zero attached hydrogens (tertiary/aromatic N) is 1. The molecule has 1 amide bonds. The number of nitrogens with two attached hydrogens (primary N) is 1. The van der Waals surface area contributed by atoms with Crippen LogP contribution in [0.4, 0.5) is 5.13 Å². The van der Waals surface area contributed by atoms with Crippen LogP contribution in [0.5, 0.6) is 5.75 Å². The number of sulfonamides is 1. The summed E-state index contributed by atoms with van der Waals surface area (Å²) in [5.41, 5.74) is 1.04. The van der Waals surface area contributed by atoms with Crippen LogP contribution >= 0.6 is 11.3 Å². The number of benzene rings is 2. The van der Waals surface area contributed by atoms with E-state index in [0.29, 0.717) is 26.7 Å². The topological polar surface area (TPSA) is 111 Å². The fourth-order valence-corrected chi connectivity index (χ4v) is 3.56. The number of carbonyl (C=O) groups is 1. The molecule has 0 aliphatic heterocycles. The molecule has 0 spiro atoms. The van der Waals surface area contributed by atoms with Gasteiger partial charge in [0, 0.05) is 5.56 Å². The Hall–Kier alpha value is -2.49. The van der Waals surface area contributed by atoms with Crippen LogP contribution in [0.25, 0.3) is 10.2 Å². The Bertz CT molecular complexity index is 1010. The van der Waals surface area contributed by atoms with E-state index in [9.17, 15) is 13.2 Å². The molecule has 2 aromatic carbocycles. The molecule has 0 aliphatic rings. The number of amides is 1. The maximum atomic E-state index is 12.2. The van der Waals surface area contributed by atoms with E-state index in [2.05, 4.69) is 10.3 Å². The van der Waals surface area contributed by atoms with E-state index < -0.39 is 10.0 Å². The minimum Gasteiger partial charge on any atom is -0.497 e. The maximum absolute atomic E-state index is 12.2. The number of fused-ring (bicyclic) bond motifs is 1. The number of nitrogens with one attached hydrogen (secondary N) is 1. The fourth-order valence-electron chi connectivity index (χ4n) is 2.05. The second-order valence-corrected chi connectivity index (χ2v) is 7.47. The molecular formula is C15H13N3O4S2. The van der Waals surface area contributed by atoms with Crippen LogP contribution in [0, 0.1) is 0 Å². The molecule has 0 saturated carbocycles. The molecule has 124 valence electrons. The lowest BCUT2D eigenvalue weighted by molar-refractivity contribution is 0.102. The standard InChI is InChI=1S/C15H13N3O4S2/c1-22-10-4-2-9(3-5-10)14(19)18-15-17-12-7-6-11(24(16,20)21)8-13(12)23-15/h2-8H,1H3,(H2,16,20,21)(H,17,18,19). The lowest BCUT2D eigenvalue weighted by atomic mass is 10.2. The summed E-state index contributed by atoms with van der Waals surface area (Å²) in [5, 5.41) is 8.17. The molecule has 3 rings (SSSR count). The number of rotatable bonds is 4. The quantitative estimate of drug-likeness (QED) is 0.738. The van der Waals surface area contributed by atoms with E-state index in [1.165, 1.54) is 23.5 Å². The molecule has 0 atom stereocenters. The lowest BCUT2D eigenvalue weighted by Crippen LogP contribution is -2.11. The van der Waals surface area contributed by atoms with Crippen molar-refractivity contribution in [3.8, 4) is 5.75 Å². The second-order valence-electron chi connectivity index (χ2n) is 4.88. The molecule has 1 aromatic heterocycles. The smallest absolute Gasteiger partial charge is 0.257 e. The van der Waals surface area contributed by atoms with E-state index in [1.807, 2.05) is 0 Å². The molecule has 0 fully saturated rings. The summed E-state index contributed by atoms with van der Waals surface area (Å²) in [6.07, 6.45) is 0. The van der Waals surface area contributed by atoms with Gasteiger partial charge >= 0.3 is 0 Å². The van der Waals surface area contributed by atoms with Crippen molar-refractivity contribution in [3.63, 3.8) is 0 Å². The monoisotopic (exact) mass is 363 g/mol. The highest BCUT2D eigenvalue weighted by Crippen LogP contribution is 2.28. The number of ether oxygens (including phenoxy) is 1. The van der Waals surface area contributed by atoms with Crippen molar-refractivity contribution in [1.29, 1.82) is 0 Å². The van der Waals surface area contributed by atoms with Crippen molar-refractivity contribution in [2.45, 2.75) is 4.90 Å². The van der Waals surface area contributed by atoms with Crippen molar-refractivity contribution in [3.05, 3.63) is 48.0 Å². The Kier molecular flexibility index (Phi) is 4.22. The normalized spacial score (nSPS) is 11.4. The zero-order valence-electron chi connectivity index (χ0n) is 12.5. The number of aromatic nitrogens is 1. The lowest BCUT2D eigenvalue weighted by Gasteiger charge is -2.03. The first-order chi connectivity index (χ1) is 11.4. The highest BCUT2D eigenvalue weighted by Gasteiger charge is 2.13. The number of anilines is 1. The molecule has 1 heterocycles. The molecule has 0 aliphatic carbocycles. The van der Waals surface area contributed by atoms with Gasteiger partial charge in [0.2, 0.25) is 10.0 Å². The van der Waals surface area contributed by atoms with E-state index >= 15 is 0 Å². The molecular weight excluding hydrogens is 350 g/mol. The van der Waals surface area contributed by atoms with Gasteiger partial charge < -0.3 is 4.74 Å². The maximum Gasteiger partial charge on any atom is 0.257 e. The number of hydrogen-bond acceptors (Lipinski definition) is 6. The first-order valence-corrected chi connectivity index (χ1v) is 9.12. The molecule has 3 N–H and O–H groups in total. The van der Waals surface area contributed by atoms with Crippen LogP contribution in [0.3, 0.4) is 0 Å². The van der Waals surface area contributed by atoms with Gasteiger partial charge in [0.15, 0.2) is 5.13 Å². The third-order valence-corrected chi connectivity index (χ3v) is 5.11. The number of thiazole rings is 1. The van der Waals surface area contributed by atoms with Gasteiger partial charge in [-0.05, 0) is 42.5 Å². The Labute approximate surface area is 142 Å². The zero-order valence-corrected chi connectivity index (χ0v) is 14.1. The molecule has 9 heteroatoms. The summed E-state index contributed by atoms with van der Waals surface area (Å²) in [6.45, 7) is 0. The molecule has 3 aromatic rings. The Morgan fingerprint density at radius 1 is 1.21 bits per heavy atom. The van der Waals surface area contributed by atoms with Gasteiger partial charge in [-0.15, -0.1) is 0 Å². The number of hydrogen-bond donors (Lipinski definition) is 2. The summed E-state index contributed by atoms with van der Waals surface area (Å²) in [6, 6.07) is 11.0. The van der Waals surface area contributed by atoms with Crippen molar-refractivity contribution in [2.75, 3.05) is 12.4 Å². The summed E-state index contributed by atoms with van der Waals surface area (Å²) >= 11 is 1.17. The number of carbonyl (C=O) groups excluding carboxylic acids is 1. The van der Waals surface area contributed by atoms with E-state index in [1.54, 1.807) is 37.4 Å². The summed E-state index contributed by atoms with van der Waals surface area (Å²) in [5.74, 6) is 0.338. The molecule has 0 radical (unpaired) electrons. The summed E-state index contributed by atoms with van der Waals surface area (Å²) < 4.78 is 28.4. The Morgan fingerprint density at radius 3 is 2.54 bits per heavy atom. The minimum atomic E-state index is -3.78. The van der Waals surface area contributed by atoms with Gasteiger partial charge in [-0.1, -0.05) is 11.3 Å². The van der Waals surface area contributed by atoms with Crippen LogP contribution in [0.2, 0.25) is 0 Å². The molecule has 7 nitrogen and oxygen atoms in total. The van der Waals surface area contributed by atoms with Gasteiger partial charge in [-0.25, -0.2) is 18.5 Å². The SMILES string of the molecule is COc1ccc(C(=O)Nc2nc3ccc(S(N)(=O)=O)cc3s2)cc1. The predicted molar refractivity (Wildman–Crippen MR) is 91.9 cm³/mol. The van der Waals surface area contributed by atoms with Crippen LogP contribution < -0.4 is 15.2 Å². The molecule has 0 bridgehead atoms. The molecule has 0 saturated heterocycles. The Balaban J connectivity index is 1.85. The van der Waals surface area contributed by atoms with Gasteiger partial charge in [-0.3, -0.25) is 10.1 Å². The van der Waals surface area contributed by atoms with E-state index in [0.717, 1.165) is 0 Å². The van der Waals surface area contributed by atoms with E-state index in [4.69, 9.17) is 9.88 Å². The van der Waals surface area contributed by atoms with Gasteiger partial charge in [0.1, 0.15) is 5.75 Å². The average molecular weight is 363 g/mol. The molecule has 24 heavy (non-hydrogen) atoms. The minimum absolute atomic E-state index is 0.00619. The van der Waals surface area contributed by atoms with Crippen LogP contribution in [0.1, 0.15) is 10.4 Å². The van der Waals surface area contributed by atoms with Crippen LogP contribution in [-0.4, -0.2) is 26.4 Å². The summed E-state index contributed by atoms with van der Waals surface area (Å²) in [4.78, 5) is 16.5. The largest absolute Gasteiger partial charge is 0.497 e. The average Bonchev–Trinajstić information content (AvgIpc) is 2.95. The van der Waals surface area contributed by atoms with Gasteiger partial charge in [0.05, 0.1) is 22.2 Å². The Morgan fingerprint density at radius 2 is 1.92 bits per heavy atom. The van der Waals surface area contributed by atoms with E-state index in [-0.39, 0.29) is 10.8 Å². The fraction of sp³-hybridized carbons (Fsp3) is 0.0667. The van der Waals surface area contributed by atoms with Crippen molar-refractivity contribution in [2.24, 2.45) is 5.14 Å². The van der Waals surface area contributed by atoms with Gasteiger partial charge in [0.25, 0.3) is 5.91 Å². The first-order valence-electron chi connectivity index (χ1n) is 6.75. The van der Waals surface area contributed by atoms with Crippen molar-refractivity contribution in [1.82, 2.24) is 4.98 Å². The first kappa shape index (κ1) is 16.4.